The van der Waals surface area contributed by atoms with Crippen molar-refractivity contribution in [2.45, 2.75) is 113 Å². The maximum absolute atomic E-state index is 13.8. The van der Waals surface area contributed by atoms with Gasteiger partial charge in [0, 0.05) is 37.9 Å². The summed E-state index contributed by atoms with van der Waals surface area (Å²) in [6, 6.07) is 0.681. The lowest BCUT2D eigenvalue weighted by Gasteiger charge is -2.47. The van der Waals surface area contributed by atoms with Crippen LogP contribution < -0.4 is 22.1 Å². The summed E-state index contributed by atoms with van der Waals surface area (Å²) < 4.78 is 0. The third-order valence-corrected chi connectivity index (χ3v) is 9.49. The second kappa shape index (κ2) is 15.1. The standard InChI is InChI=1S/C29H52ClN7O/c1-21-8-5-3-2-4-6-9-22(30)19-34-24(18-21)27(28(31)32)29(38)35-25-20-33-13-10-26(25)37-16-11-23(12-17-37)36-14-7-15-36/h18-19,22-28,33H,2-17,20,31-32H2,1H3,(H,35,38)/b21-18-,34-19?. The van der Waals surface area contributed by atoms with Crippen molar-refractivity contribution in [1.82, 2.24) is 20.4 Å². The zero-order chi connectivity index (χ0) is 26.9. The van der Waals surface area contributed by atoms with Gasteiger partial charge >= 0.3 is 0 Å². The number of aliphatic imine (C=N–C) groups is 1. The quantitative estimate of drug-likeness (QED) is 0.230. The topological polar surface area (TPSA) is 112 Å². The minimum absolute atomic E-state index is 0.0302. The van der Waals surface area contributed by atoms with Crippen molar-refractivity contribution in [1.29, 1.82) is 0 Å². The van der Waals surface area contributed by atoms with Crippen LogP contribution in [0.1, 0.15) is 77.6 Å². The number of allylic oxidation sites excluding steroid dienone is 1. The summed E-state index contributed by atoms with van der Waals surface area (Å²) >= 11 is 6.57. The van der Waals surface area contributed by atoms with Crippen LogP contribution in [0.5, 0.6) is 0 Å². The third kappa shape index (κ3) is 8.48. The van der Waals surface area contributed by atoms with Crippen LogP contribution in [0.2, 0.25) is 0 Å². The van der Waals surface area contributed by atoms with Crippen LogP contribution in [0.15, 0.2) is 16.6 Å². The molecule has 4 aliphatic rings. The molecule has 0 aliphatic carbocycles. The highest BCUT2D eigenvalue weighted by Crippen LogP contribution is 2.25. The summed E-state index contributed by atoms with van der Waals surface area (Å²) in [5.41, 5.74) is 13.8. The molecule has 4 rings (SSSR count). The number of nitrogens with two attached hydrogens (primary N) is 2. The third-order valence-electron chi connectivity index (χ3n) is 9.16. The fourth-order valence-corrected chi connectivity index (χ4v) is 6.93. The van der Waals surface area contributed by atoms with Crippen molar-refractivity contribution >= 4 is 23.7 Å². The summed E-state index contributed by atoms with van der Waals surface area (Å²) in [5, 5.41) is 6.73. The Kier molecular flexibility index (Phi) is 11.9. The Morgan fingerprint density at radius 3 is 2.47 bits per heavy atom. The van der Waals surface area contributed by atoms with Crippen molar-refractivity contribution < 1.29 is 4.79 Å². The number of alkyl halides is 1. The number of rotatable bonds is 6. The molecule has 4 heterocycles. The maximum Gasteiger partial charge on any atom is 0.228 e. The van der Waals surface area contributed by atoms with Gasteiger partial charge in [-0.1, -0.05) is 37.3 Å². The largest absolute Gasteiger partial charge is 0.350 e. The van der Waals surface area contributed by atoms with Crippen molar-refractivity contribution in [2.75, 3.05) is 39.3 Å². The number of halogens is 1. The van der Waals surface area contributed by atoms with E-state index in [4.69, 9.17) is 28.1 Å². The molecule has 3 fully saturated rings. The maximum atomic E-state index is 13.8. The first-order chi connectivity index (χ1) is 18.4. The van der Waals surface area contributed by atoms with Gasteiger partial charge in [-0.2, -0.15) is 0 Å². The highest BCUT2D eigenvalue weighted by molar-refractivity contribution is 6.28. The lowest BCUT2D eigenvalue weighted by atomic mass is 9.90. The van der Waals surface area contributed by atoms with Crippen LogP contribution in [0, 0.1) is 5.92 Å². The summed E-state index contributed by atoms with van der Waals surface area (Å²) in [7, 11) is 0. The van der Waals surface area contributed by atoms with Crippen LogP contribution in [-0.4, -0.2) is 96.9 Å². The molecule has 0 saturated carbocycles. The van der Waals surface area contributed by atoms with Crippen LogP contribution in [0.25, 0.3) is 0 Å². The number of nitrogens with one attached hydrogen (secondary N) is 2. The molecule has 8 nitrogen and oxygen atoms in total. The van der Waals surface area contributed by atoms with Crippen LogP contribution >= 0.6 is 11.6 Å². The number of nitrogens with zero attached hydrogens (tertiary/aromatic N) is 3. The van der Waals surface area contributed by atoms with Gasteiger partial charge < -0.3 is 27.0 Å². The number of carbonyl (C=O) groups excluding carboxylic acids is 1. The molecule has 0 bridgehead atoms. The van der Waals surface area contributed by atoms with Crippen molar-refractivity contribution in [3.05, 3.63) is 11.6 Å². The molecule has 5 unspecified atom stereocenters. The van der Waals surface area contributed by atoms with E-state index in [1.165, 1.54) is 57.2 Å². The monoisotopic (exact) mass is 549 g/mol. The zero-order valence-corrected chi connectivity index (χ0v) is 24.3. The van der Waals surface area contributed by atoms with Gasteiger partial charge in [0.1, 0.15) is 0 Å². The summed E-state index contributed by atoms with van der Waals surface area (Å²) in [6.45, 7) is 8.60. The molecule has 0 aromatic carbocycles. The minimum atomic E-state index is -0.812. The molecule has 1 amide bonds. The number of amides is 1. The van der Waals surface area contributed by atoms with Gasteiger partial charge in [0.2, 0.25) is 5.91 Å². The lowest BCUT2D eigenvalue weighted by molar-refractivity contribution is -0.127. The second-order valence-electron chi connectivity index (χ2n) is 12.1. The summed E-state index contributed by atoms with van der Waals surface area (Å²) in [6.07, 6.45) is 15.7. The highest BCUT2D eigenvalue weighted by atomic mass is 35.5. The van der Waals surface area contributed by atoms with Crippen molar-refractivity contribution in [3.63, 3.8) is 0 Å². The molecule has 0 spiro atoms. The van der Waals surface area contributed by atoms with E-state index in [9.17, 15) is 4.79 Å². The van der Waals surface area contributed by atoms with Gasteiger partial charge in [-0.15, -0.1) is 11.6 Å². The molecular weight excluding hydrogens is 498 g/mol. The minimum Gasteiger partial charge on any atom is -0.350 e. The molecule has 38 heavy (non-hydrogen) atoms. The van der Waals surface area contributed by atoms with Gasteiger partial charge in [-0.05, 0) is 71.5 Å². The van der Waals surface area contributed by atoms with E-state index in [-0.39, 0.29) is 17.3 Å². The Morgan fingerprint density at radius 1 is 1.03 bits per heavy atom. The summed E-state index contributed by atoms with van der Waals surface area (Å²) in [4.78, 5) is 23.9. The highest BCUT2D eigenvalue weighted by Gasteiger charge is 2.38. The average molecular weight is 550 g/mol. The Morgan fingerprint density at radius 2 is 1.76 bits per heavy atom. The molecule has 6 N–H and O–H groups in total. The molecule has 0 aromatic heterocycles. The second-order valence-corrected chi connectivity index (χ2v) is 12.6. The predicted octanol–water partition coefficient (Wildman–Crippen LogP) is 2.60. The Bertz CT molecular complexity index is 794. The van der Waals surface area contributed by atoms with Crippen LogP contribution in [0.4, 0.5) is 0 Å². The molecule has 5 atom stereocenters. The predicted molar refractivity (Wildman–Crippen MR) is 158 cm³/mol. The Balaban J connectivity index is 1.44. The number of hydrogen-bond donors (Lipinski definition) is 4. The summed E-state index contributed by atoms with van der Waals surface area (Å²) in [5.74, 6) is -0.745. The Hall–Kier alpha value is -1.03. The van der Waals surface area contributed by atoms with E-state index >= 15 is 0 Å². The average Bonchev–Trinajstić information content (AvgIpc) is 2.87. The van der Waals surface area contributed by atoms with E-state index in [2.05, 4.69) is 33.4 Å². The first-order valence-corrected chi connectivity index (χ1v) is 15.7. The lowest BCUT2D eigenvalue weighted by Crippen LogP contribution is -2.64. The van der Waals surface area contributed by atoms with Crippen LogP contribution in [-0.2, 0) is 4.79 Å². The normalized spacial score (nSPS) is 33.8. The molecular formula is C29H52ClN7O. The van der Waals surface area contributed by atoms with Gasteiger partial charge in [-0.3, -0.25) is 14.7 Å². The molecule has 4 aliphatic heterocycles. The van der Waals surface area contributed by atoms with Gasteiger partial charge in [0.05, 0.1) is 29.5 Å². The number of piperidine rings is 2. The molecule has 0 radical (unpaired) electrons. The molecule has 216 valence electrons. The van der Waals surface area contributed by atoms with E-state index in [0.717, 1.165) is 64.3 Å². The molecule has 0 aromatic rings. The SMILES string of the molecule is C/C1=C/C(C(C(=O)NC2CNCCC2N2CCC(N3CCC3)CC2)C(N)N)N=CC(Cl)CCCCCCC1. The fourth-order valence-electron chi connectivity index (χ4n) is 6.71. The van der Waals surface area contributed by atoms with Gasteiger partial charge in [0.15, 0.2) is 0 Å². The van der Waals surface area contributed by atoms with Crippen molar-refractivity contribution in [3.8, 4) is 0 Å². The van der Waals surface area contributed by atoms with E-state index in [1.807, 2.05) is 6.21 Å². The molecule has 3 saturated heterocycles. The van der Waals surface area contributed by atoms with E-state index in [0.29, 0.717) is 6.04 Å². The van der Waals surface area contributed by atoms with E-state index < -0.39 is 18.1 Å². The fraction of sp³-hybridized carbons (Fsp3) is 0.862. The number of carbonyl (C=O) groups is 1. The first kappa shape index (κ1) is 29.9. The van der Waals surface area contributed by atoms with Gasteiger partial charge in [-0.25, -0.2) is 0 Å². The van der Waals surface area contributed by atoms with Crippen LogP contribution in [0.3, 0.4) is 0 Å². The molecule has 9 heteroatoms. The van der Waals surface area contributed by atoms with Gasteiger partial charge in [0.25, 0.3) is 0 Å². The Labute approximate surface area is 235 Å². The smallest absolute Gasteiger partial charge is 0.228 e. The van der Waals surface area contributed by atoms with Crippen molar-refractivity contribution in [2.24, 2.45) is 22.4 Å². The zero-order valence-electron chi connectivity index (χ0n) is 23.5. The van der Waals surface area contributed by atoms with E-state index in [1.54, 1.807) is 0 Å². The first-order valence-electron chi connectivity index (χ1n) is 15.3. The number of hydrogen-bond acceptors (Lipinski definition) is 7. The number of likely N-dealkylation sites (tertiary alicyclic amines) is 2.